The van der Waals surface area contributed by atoms with Crippen molar-refractivity contribution in [1.29, 1.82) is 0 Å². The molecule has 2 rings (SSSR count). The standard InChI is InChI=1S/C15H13NO3S/c1-19-13-3-2-4-15(11-13)20-14-7-5-12(6-8-14)9-10-16(17)18/h2-11H,1H3/b10-9+. The van der Waals surface area contributed by atoms with Crippen LogP contribution in [0, 0.1) is 10.1 Å². The second-order valence-corrected chi connectivity index (χ2v) is 5.10. The van der Waals surface area contributed by atoms with Crippen molar-refractivity contribution in [3.63, 3.8) is 0 Å². The third-order valence-corrected chi connectivity index (χ3v) is 3.54. The van der Waals surface area contributed by atoms with E-state index in [0.29, 0.717) is 0 Å². The number of hydrogen-bond acceptors (Lipinski definition) is 4. The molecule has 2 aromatic carbocycles. The van der Waals surface area contributed by atoms with E-state index in [1.807, 2.05) is 48.5 Å². The Morgan fingerprint density at radius 2 is 1.90 bits per heavy atom. The van der Waals surface area contributed by atoms with Gasteiger partial charge in [-0.25, -0.2) is 0 Å². The van der Waals surface area contributed by atoms with Gasteiger partial charge in [0.15, 0.2) is 0 Å². The van der Waals surface area contributed by atoms with E-state index in [-0.39, 0.29) is 0 Å². The summed E-state index contributed by atoms with van der Waals surface area (Å²) >= 11 is 1.61. The Kier molecular flexibility index (Phi) is 4.79. The molecule has 0 aromatic heterocycles. The van der Waals surface area contributed by atoms with Crippen LogP contribution in [0.5, 0.6) is 5.75 Å². The smallest absolute Gasteiger partial charge is 0.235 e. The molecule has 0 unspecified atom stereocenters. The van der Waals surface area contributed by atoms with E-state index in [9.17, 15) is 10.1 Å². The lowest BCUT2D eigenvalue weighted by Gasteiger charge is -2.04. The lowest BCUT2D eigenvalue weighted by Crippen LogP contribution is -1.83. The van der Waals surface area contributed by atoms with Crippen LogP contribution >= 0.6 is 11.8 Å². The second-order valence-electron chi connectivity index (χ2n) is 3.95. The molecule has 0 saturated carbocycles. The van der Waals surface area contributed by atoms with E-state index >= 15 is 0 Å². The van der Waals surface area contributed by atoms with Gasteiger partial charge in [-0.2, -0.15) is 0 Å². The van der Waals surface area contributed by atoms with Crippen LogP contribution in [-0.2, 0) is 0 Å². The molecule has 5 heteroatoms. The quantitative estimate of drug-likeness (QED) is 0.614. The Hall–Kier alpha value is -2.27. The fraction of sp³-hybridized carbons (Fsp3) is 0.0667. The fourth-order valence-electron chi connectivity index (χ4n) is 1.59. The third-order valence-electron chi connectivity index (χ3n) is 2.55. The lowest BCUT2D eigenvalue weighted by atomic mass is 10.2. The molecule has 0 fully saturated rings. The van der Waals surface area contributed by atoms with Gasteiger partial charge >= 0.3 is 0 Å². The normalized spacial score (nSPS) is 10.7. The molecule has 102 valence electrons. The van der Waals surface area contributed by atoms with Gasteiger partial charge in [0.1, 0.15) is 5.75 Å². The molecule has 20 heavy (non-hydrogen) atoms. The fourth-order valence-corrected chi connectivity index (χ4v) is 2.46. The molecular weight excluding hydrogens is 274 g/mol. The zero-order valence-electron chi connectivity index (χ0n) is 10.9. The summed E-state index contributed by atoms with van der Waals surface area (Å²) in [6.45, 7) is 0. The number of nitro groups is 1. The zero-order chi connectivity index (χ0) is 14.4. The number of methoxy groups -OCH3 is 1. The molecule has 0 heterocycles. The Morgan fingerprint density at radius 1 is 1.15 bits per heavy atom. The summed E-state index contributed by atoms with van der Waals surface area (Å²) in [5.74, 6) is 0.820. The summed E-state index contributed by atoms with van der Waals surface area (Å²) in [5, 5.41) is 10.2. The molecular formula is C15H13NO3S. The van der Waals surface area contributed by atoms with Crippen molar-refractivity contribution in [1.82, 2.24) is 0 Å². The SMILES string of the molecule is COc1cccc(Sc2ccc(/C=C/[N+](=O)[O-])cc2)c1. The molecule has 0 N–H and O–H groups in total. The van der Waals surface area contributed by atoms with Gasteiger partial charge < -0.3 is 4.74 Å². The predicted octanol–water partition coefficient (Wildman–Crippen LogP) is 4.09. The molecule has 4 nitrogen and oxygen atoms in total. The molecule has 0 spiro atoms. The first-order chi connectivity index (χ1) is 9.67. The van der Waals surface area contributed by atoms with Gasteiger partial charge in [0, 0.05) is 15.9 Å². The summed E-state index contributed by atoms with van der Waals surface area (Å²) < 4.78 is 5.18. The van der Waals surface area contributed by atoms with E-state index < -0.39 is 4.92 Å². The first kappa shape index (κ1) is 14.1. The Balaban J connectivity index is 2.08. The van der Waals surface area contributed by atoms with Crippen molar-refractivity contribution in [3.8, 4) is 5.75 Å². The molecule has 0 radical (unpaired) electrons. The zero-order valence-corrected chi connectivity index (χ0v) is 11.7. The van der Waals surface area contributed by atoms with Crippen molar-refractivity contribution in [2.75, 3.05) is 7.11 Å². The highest BCUT2D eigenvalue weighted by molar-refractivity contribution is 7.99. The highest BCUT2D eigenvalue weighted by atomic mass is 32.2. The Labute approximate surface area is 121 Å². The maximum atomic E-state index is 10.2. The molecule has 0 aliphatic carbocycles. The summed E-state index contributed by atoms with van der Waals surface area (Å²) in [6.07, 6.45) is 2.41. The van der Waals surface area contributed by atoms with Crippen LogP contribution in [0.2, 0.25) is 0 Å². The monoisotopic (exact) mass is 287 g/mol. The number of benzene rings is 2. The average Bonchev–Trinajstić information content (AvgIpc) is 2.47. The Morgan fingerprint density at radius 3 is 2.55 bits per heavy atom. The van der Waals surface area contributed by atoms with Crippen LogP contribution in [0.15, 0.2) is 64.5 Å². The number of ether oxygens (including phenoxy) is 1. The first-order valence-corrected chi connectivity index (χ1v) is 6.73. The number of nitrogens with zero attached hydrogens (tertiary/aromatic N) is 1. The van der Waals surface area contributed by atoms with Gasteiger partial charge in [-0.1, -0.05) is 30.0 Å². The van der Waals surface area contributed by atoms with E-state index in [0.717, 1.165) is 27.3 Å². The van der Waals surface area contributed by atoms with E-state index in [2.05, 4.69) is 0 Å². The summed E-state index contributed by atoms with van der Waals surface area (Å²) in [7, 11) is 1.64. The first-order valence-electron chi connectivity index (χ1n) is 5.91. The Bertz CT molecular complexity index is 623. The van der Waals surface area contributed by atoms with Gasteiger partial charge in [-0.05, 0) is 35.9 Å². The number of rotatable bonds is 5. The molecule has 2 aromatic rings. The van der Waals surface area contributed by atoms with Crippen LogP contribution in [0.1, 0.15) is 5.56 Å². The highest BCUT2D eigenvalue weighted by Crippen LogP contribution is 2.30. The summed E-state index contributed by atoms with van der Waals surface area (Å²) in [4.78, 5) is 11.9. The van der Waals surface area contributed by atoms with Gasteiger partial charge in [0.05, 0.1) is 12.0 Å². The van der Waals surface area contributed by atoms with Crippen LogP contribution in [0.25, 0.3) is 6.08 Å². The minimum Gasteiger partial charge on any atom is -0.497 e. The minimum atomic E-state index is -0.473. The van der Waals surface area contributed by atoms with Gasteiger partial charge in [0.2, 0.25) is 6.20 Å². The van der Waals surface area contributed by atoms with E-state index in [1.165, 1.54) is 6.08 Å². The van der Waals surface area contributed by atoms with Gasteiger partial charge in [-0.3, -0.25) is 10.1 Å². The van der Waals surface area contributed by atoms with Crippen LogP contribution < -0.4 is 4.74 Å². The number of hydrogen-bond donors (Lipinski definition) is 0. The van der Waals surface area contributed by atoms with Crippen LogP contribution in [0.4, 0.5) is 0 Å². The predicted molar refractivity (Wildman–Crippen MR) is 79.6 cm³/mol. The van der Waals surface area contributed by atoms with E-state index in [1.54, 1.807) is 18.9 Å². The van der Waals surface area contributed by atoms with Gasteiger partial charge in [-0.15, -0.1) is 0 Å². The molecule has 0 aliphatic rings. The largest absolute Gasteiger partial charge is 0.497 e. The van der Waals surface area contributed by atoms with Gasteiger partial charge in [0.25, 0.3) is 0 Å². The lowest BCUT2D eigenvalue weighted by molar-refractivity contribution is -0.400. The maximum absolute atomic E-state index is 10.2. The third kappa shape index (κ3) is 4.13. The summed E-state index contributed by atoms with van der Waals surface area (Å²) in [6, 6.07) is 15.4. The summed E-state index contributed by atoms with van der Waals surface area (Å²) in [5.41, 5.74) is 0.802. The van der Waals surface area contributed by atoms with Crippen molar-refractivity contribution < 1.29 is 9.66 Å². The maximum Gasteiger partial charge on any atom is 0.235 e. The molecule has 0 aliphatic heterocycles. The highest BCUT2D eigenvalue weighted by Gasteiger charge is 1.99. The van der Waals surface area contributed by atoms with E-state index in [4.69, 9.17) is 4.74 Å². The second kappa shape index (κ2) is 6.77. The van der Waals surface area contributed by atoms with Crippen molar-refractivity contribution in [2.24, 2.45) is 0 Å². The van der Waals surface area contributed by atoms with Crippen LogP contribution in [-0.4, -0.2) is 12.0 Å². The van der Waals surface area contributed by atoms with Crippen molar-refractivity contribution in [3.05, 3.63) is 70.4 Å². The molecule has 0 atom stereocenters. The topological polar surface area (TPSA) is 52.4 Å². The van der Waals surface area contributed by atoms with Crippen molar-refractivity contribution in [2.45, 2.75) is 9.79 Å². The van der Waals surface area contributed by atoms with Crippen molar-refractivity contribution >= 4 is 17.8 Å². The molecule has 0 amide bonds. The molecule has 0 saturated heterocycles. The van der Waals surface area contributed by atoms with Crippen LogP contribution in [0.3, 0.4) is 0 Å². The average molecular weight is 287 g/mol. The minimum absolute atomic E-state index is 0.473. The molecule has 0 bridgehead atoms.